The van der Waals surface area contributed by atoms with Gasteiger partial charge in [0.25, 0.3) is 0 Å². The van der Waals surface area contributed by atoms with Crippen LogP contribution in [0.5, 0.6) is 0 Å². The summed E-state index contributed by atoms with van der Waals surface area (Å²) in [5.41, 5.74) is 6.68. The van der Waals surface area contributed by atoms with E-state index in [9.17, 15) is 4.39 Å². The molecule has 0 spiro atoms. The van der Waals surface area contributed by atoms with Gasteiger partial charge in [0.1, 0.15) is 11.7 Å². The number of benzene rings is 1. The molecule has 1 fully saturated rings. The van der Waals surface area contributed by atoms with Crippen molar-refractivity contribution in [3.8, 4) is 0 Å². The van der Waals surface area contributed by atoms with Gasteiger partial charge in [0.15, 0.2) is 0 Å². The van der Waals surface area contributed by atoms with Gasteiger partial charge in [-0.1, -0.05) is 25.3 Å². The van der Waals surface area contributed by atoms with E-state index < -0.39 is 0 Å². The number of hydrogen-bond acceptors (Lipinski definition) is 2. The number of nitrogen functional groups attached to an aromatic ring is 1. The Labute approximate surface area is 107 Å². The van der Waals surface area contributed by atoms with E-state index in [2.05, 4.69) is 0 Å². The molecule has 0 aromatic heterocycles. The molecule has 4 heteroatoms. The zero-order valence-electron chi connectivity index (χ0n) is 10.4. The summed E-state index contributed by atoms with van der Waals surface area (Å²) >= 11 is 0. The summed E-state index contributed by atoms with van der Waals surface area (Å²) in [4.78, 5) is 0. The number of halogens is 1. The first-order valence-electron chi connectivity index (χ1n) is 6.41. The predicted molar refractivity (Wildman–Crippen MR) is 69.1 cm³/mol. The Kier molecular flexibility index (Phi) is 4.31. The van der Waals surface area contributed by atoms with Crippen LogP contribution in [0.25, 0.3) is 0 Å². The molecule has 0 aliphatic heterocycles. The molecule has 0 atom stereocenters. The largest absolute Gasteiger partial charge is 0.384 e. The lowest BCUT2D eigenvalue weighted by molar-refractivity contribution is 0.0168. The molecule has 98 valence electrons. The first-order chi connectivity index (χ1) is 8.66. The second-order valence-electron chi connectivity index (χ2n) is 4.79. The van der Waals surface area contributed by atoms with Crippen LogP contribution in [-0.4, -0.2) is 11.9 Å². The molecule has 1 aromatic carbocycles. The standard InChI is InChI=1S/C14H19FN2O/c15-11-7-6-10(13(8-11)14(16)17)9-18-12-4-2-1-3-5-12/h6-8,12H,1-5,9H2,(H3,16,17). The molecule has 0 radical (unpaired) electrons. The van der Waals surface area contributed by atoms with Crippen LogP contribution < -0.4 is 5.73 Å². The first kappa shape index (κ1) is 13.0. The summed E-state index contributed by atoms with van der Waals surface area (Å²) in [6.45, 7) is 0.403. The molecule has 0 unspecified atom stereocenters. The zero-order chi connectivity index (χ0) is 13.0. The average Bonchev–Trinajstić information content (AvgIpc) is 2.38. The number of ether oxygens (including phenoxy) is 1. The van der Waals surface area contributed by atoms with Crippen LogP contribution in [0.1, 0.15) is 43.2 Å². The molecule has 1 aromatic rings. The minimum atomic E-state index is -0.374. The molecule has 0 saturated heterocycles. The van der Waals surface area contributed by atoms with Gasteiger partial charge in [0, 0.05) is 5.56 Å². The normalized spacial score (nSPS) is 16.7. The summed E-state index contributed by atoms with van der Waals surface area (Å²) in [6, 6.07) is 4.32. The van der Waals surface area contributed by atoms with Crippen molar-refractivity contribution in [1.82, 2.24) is 0 Å². The van der Waals surface area contributed by atoms with E-state index in [1.807, 2.05) is 0 Å². The maximum absolute atomic E-state index is 13.1. The lowest BCUT2D eigenvalue weighted by atomic mass is 9.97. The van der Waals surface area contributed by atoms with Gasteiger partial charge in [0.05, 0.1) is 12.7 Å². The van der Waals surface area contributed by atoms with Gasteiger partial charge in [-0.05, 0) is 30.5 Å². The Morgan fingerprint density at radius 2 is 2.06 bits per heavy atom. The van der Waals surface area contributed by atoms with E-state index >= 15 is 0 Å². The Bertz CT molecular complexity index is 428. The maximum Gasteiger partial charge on any atom is 0.123 e. The predicted octanol–water partition coefficient (Wildman–Crippen LogP) is 2.96. The van der Waals surface area contributed by atoms with Gasteiger partial charge in [-0.25, -0.2) is 4.39 Å². The highest BCUT2D eigenvalue weighted by atomic mass is 19.1. The molecule has 18 heavy (non-hydrogen) atoms. The topological polar surface area (TPSA) is 59.1 Å². The van der Waals surface area contributed by atoms with Gasteiger partial charge in [0.2, 0.25) is 0 Å². The van der Waals surface area contributed by atoms with Crippen molar-refractivity contribution in [2.75, 3.05) is 0 Å². The van der Waals surface area contributed by atoms with Gasteiger partial charge in [-0.3, -0.25) is 5.41 Å². The summed E-state index contributed by atoms with van der Waals surface area (Å²) in [5, 5.41) is 7.45. The smallest absolute Gasteiger partial charge is 0.123 e. The van der Waals surface area contributed by atoms with Crippen molar-refractivity contribution >= 4 is 5.84 Å². The minimum absolute atomic E-state index is 0.114. The van der Waals surface area contributed by atoms with Crippen molar-refractivity contribution in [2.24, 2.45) is 5.73 Å². The molecule has 3 nitrogen and oxygen atoms in total. The summed E-state index contributed by atoms with van der Waals surface area (Å²) in [7, 11) is 0. The van der Waals surface area contributed by atoms with Crippen LogP contribution in [0.15, 0.2) is 18.2 Å². The molecule has 1 saturated carbocycles. The fraction of sp³-hybridized carbons (Fsp3) is 0.500. The quantitative estimate of drug-likeness (QED) is 0.637. The minimum Gasteiger partial charge on any atom is -0.384 e. The molecular formula is C14H19FN2O. The van der Waals surface area contributed by atoms with Crippen LogP contribution in [0.3, 0.4) is 0 Å². The number of nitrogens with one attached hydrogen (secondary N) is 1. The first-order valence-corrected chi connectivity index (χ1v) is 6.41. The van der Waals surface area contributed by atoms with Crippen LogP contribution in [0, 0.1) is 11.2 Å². The lowest BCUT2D eigenvalue weighted by Gasteiger charge is -2.22. The highest BCUT2D eigenvalue weighted by Crippen LogP contribution is 2.22. The molecule has 1 aliphatic carbocycles. The Morgan fingerprint density at radius 1 is 1.33 bits per heavy atom. The Hall–Kier alpha value is -1.42. The van der Waals surface area contributed by atoms with Gasteiger partial charge in [-0.15, -0.1) is 0 Å². The summed E-state index contributed by atoms with van der Waals surface area (Å²) in [6.07, 6.45) is 6.20. The van der Waals surface area contributed by atoms with Crippen molar-refractivity contribution in [2.45, 2.75) is 44.8 Å². The monoisotopic (exact) mass is 250 g/mol. The number of hydrogen-bond donors (Lipinski definition) is 2. The lowest BCUT2D eigenvalue weighted by Crippen LogP contribution is -2.19. The van der Waals surface area contributed by atoms with E-state index in [-0.39, 0.29) is 11.7 Å². The third-order valence-electron chi connectivity index (χ3n) is 3.39. The molecule has 2 rings (SSSR count). The number of rotatable bonds is 4. The number of amidine groups is 1. The van der Waals surface area contributed by atoms with Crippen molar-refractivity contribution in [1.29, 1.82) is 5.41 Å². The highest BCUT2D eigenvalue weighted by molar-refractivity contribution is 5.96. The van der Waals surface area contributed by atoms with Gasteiger partial charge in [-0.2, -0.15) is 0 Å². The molecule has 0 amide bonds. The molecule has 1 aliphatic rings. The van der Waals surface area contributed by atoms with Gasteiger partial charge >= 0.3 is 0 Å². The fourth-order valence-electron chi connectivity index (χ4n) is 2.36. The molecular weight excluding hydrogens is 231 g/mol. The van der Waals surface area contributed by atoms with Crippen LogP contribution in [-0.2, 0) is 11.3 Å². The molecule has 0 heterocycles. The van der Waals surface area contributed by atoms with E-state index in [1.54, 1.807) is 6.07 Å². The van der Waals surface area contributed by atoms with E-state index in [0.29, 0.717) is 18.3 Å². The van der Waals surface area contributed by atoms with Crippen molar-refractivity contribution in [3.05, 3.63) is 35.1 Å². The Balaban J connectivity index is 2.01. The van der Waals surface area contributed by atoms with Crippen molar-refractivity contribution < 1.29 is 9.13 Å². The maximum atomic E-state index is 13.1. The van der Waals surface area contributed by atoms with Crippen LogP contribution in [0.2, 0.25) is 0 Å². The second kappa shape index (κ2) is 5.96. The van der Waals surface area contributed by atoms with E-state index in [4.69, 9.17) is 15.9 Å². The van der Waals surface area contributed by atoms with E-state index in [1.165, 1.54) is 31.4 Å². The summed E-state index contributed by atoms with van der Waals surface area (Å²) in [5.74, 6) is -0.488. The van der Waals surface area contributed by atoms with Crippen molar-refractivity contribution in [3.63, 3.8) is 0 Å². The van der Waals surface area contributed by atoms with Crippen LogP contribution in [0.4, 0.5) is 4.39 Å². The fourth-order valence-corrected chi connectivity index (χ4v) is 2.36. The van der Waals surface area contributed by atoms with E-state index in [0.717, 1.165) is 18.4 Å². The highest BCUT2D eigenvalue weighted by Gasteiger charge is 2.15. The van der Waals surface area contributed by atoms with Crippen LogP contribution >= 0.6 is 0 Å². The number of nitrogens with two attached hydrogens (primary N) is 1. The molecule has 0 bridgehead atoms. The second-order valence-corrected chi connectivity index (χ2v) is 4.79. The SMILES string of the molecule is N=C(N)c1cc(F)ccc1COC1CCCCC1. The average molecular weight is 250 g/mol. The third-order valence-corrected chi connectivity index (χ3v) is 3.39. The molecule has 3 N–H and O–H groups in total. The Morgan fingerprint density at radius 3 is 2.72 bits per heavy atom. The van der Waals surface area contributed by atoms with Gasteiger partial charge < -0.3 is 10.5 Å². The third kappa shape index (κ3) is 3.29. The zero-order valence-corrected chi connectivity index (χ0v) is 10.4. The summed E-state index contributed by atoms with van der Waals surface area (Å²) < 4.78 is 18.9.